The van der Waals surface area contributed by atoms with E-state index in [-0.39, 0.29) is 11.7 Å². The fourth-order valence-corrected chi connectivity index (χ4v) is 3.49. The number of aliphatic carboxylic acids is 1. The van der Waals surface area contributed by atoms with Crippen molar-refractivity contribution < 1.29 is 14.7 Å². The van der Waals surface area contributed by atoms with E-state index in [0.29, 0.717) is 10.6 Å². The third kappa shape index (κ3) is 4.61. The van der Waals surface area contributed by atoms with Gasteiger partial charge in [0.15, 0.2) is 0 Å². The van der Waals surface area contributed by atoms with E-state index in [0.717, 1.165) is 21.7 Å². The number of hydrogen-bond donors (Lipinski definition) is 2. The predicted molar refractivity (Wildman–Crippen MR) is 92.0 cm³/mol. The average Bonchev–Trinajstić information content (AvgIpc) is 2.79. The molecule has 0 fully saturated rings. The Hall–Kier alpha value is -1.79. The van der Waals surface area contributed by atoms with Crippen molar-refractivity contribution in [3.05, 3.63) is 51.2 Å². The fourth-order valence-electron chi connectivity index (χ4n) is 1.87. The lowest BCUT2D eigenvalue weighted by Crippen LogP contribution is -2.10. The van der Waals surface area contributed by atoms with Crippen LogP contribution in [0.15, 0.2) is 30.3 Å². The maximum Gasteiger partial charge on any atom is 0.313 e. The molecule has 0 atom stereocenters. The van der Waals surface area contributed by atoms with E-state index in [1.807, 2.05) is 44.2 Å². The number of carbonyl (C=O) groups is 2. The van der Waals surface area contributed by atoms with Crippen molar-refractivity contribution in [3.8, 4) is 0 Å². The smallest absolute Gasteiger partial charge is 0.313 e. The van der Waals surface area contributed by atoms with Crippen LogP contribution in [0, 0.1) is 13.8 Å². The van der Waals surface area contributed by atoms with Gasteiger partial charge in [-0.1, -0.05) is 12.1 Å². The molecule has 0 aliphatic rings. The van der Waals surface area contributed by atoms with Crippen LogP contribution in [0.3, 0.4) is 0 Å². The molecule has 2 N–H and O–H groups in total. The Morgan fingerprint density at radius 2 is 2.05 bits per heavy atom. The Morgan fingerprint density at radius 1 is 1.27 bits per heavy atom. The van der Waals surface area contributed by atoms with Crippen LogP contribution in [0.2, 0.25) is 0 Å². The second-order valence-electron chi connectivity index (χ2n) is 4.89. The van der Waals surface area contributed by atoms with Crippen LogP contribution in [0.4, 0.5) is 5.69 Å². The topological polar surface area (TPSA) is 66.4 Å². The molecule has 6 heteroatoms. The van der Waals surface area contributed by atoms with E-state index >= 15 is 0 Å². The Morgan fingerprint density at radius 3 is 2.68 bits per heavy atom. The standard InChI is InChI=1S/C16H17NO3S2/c1-10-6-14(22-11(10)2)16(20)17-13-5-3-4-12(7-13)8-21-9-15(18)19/h3-7H,8-9H2,1-2H3,(H,17,20)(H,18,19). The van der Waals surface area contributed by atoms with Crippen LogP contribution in [-0.2, 0) is 10.5 Å². The summed E-state index contributed by atoms with van der Waals surface area (Å²) in [5.74, 6) is -0.258. The molecule has 0 unspecified atom stereocenters. The third-order valence-corrected chi connectivity index (χ3v) is 5.21. The van der Waals surface area contributed by atoms with Crippen LogP contribution in [0.1, 0.15) is 25.7 Å². The highest BCUT2D eigenvalue weighted by atomic mass is 32.2. The number of carbonyl (C=O) groups excluding carboxylic acids is 1. The van der Waals surface area contributed by atoms with E-state index < -0.39 is 5.97 Å². The Kier molecular flexibility index (Phi) is 5.63. The fraction of sp³-hybridized carbons (Fsp3) is 0.250. The van der Waals surface area contributed by atoms with Crippen molar-refractivity contribution in [2.45, 2.75) is 19.6 Å². The minimum atomic E-state index is -0.821. The zero-order valence-corrected chi connectivity index (χ0v) is 14.0. The lowest BCUT2D eigenvalue weighted by molar-refractivity contribution is -0.133. The zero-order chi connectivity index (χ0) is 16.1. The molecule has 4 nitrogen and oxygen atoms in total. The summed E-state index contributed by atoms with van der Waals surface area (Å²) in [6.07, 6.45) is 0. The minimum absolute atomic E-state index is 0.0737. The summed E-state index contributed by atoms with van der Waals surface area (Å²) in [7, 11) is 0. The van der Waals surface area contributed by atoms with Gasteiger partial charge in [0.2, 0.25) is 0 Å². The van der Waals surface area contributed by atoms with Gasteiger partial charge in [0.05, 0.1) is 10.6 Å². The largest absolute Gasteiger partial charge is 0.481 e. The summed E-state index contributed by atoms with van der Waals surface area (Å²) < 4.78 is 0. The normalized spacial score (nSPS) is 10.5. The molecule has 0 saturated heterocycles. The molecule has 22 heavy (non-hydrogen) atoms. The van der Waals surface area contributed by atoms with Crippen molar-refractivity contribution in [2.24, 2.45) is 0 Å². The van der Waals surface area contributed by atoms with E-state index in [1.165, 1.54) is 23.1 Å². The molecule has 116 valence electrons. The van der Waals surface area contributed by atoms with Gasteiger partial charge >= 0.3 is 5.97 Å². The number of thioether (sulfide) groups is 1. The number of hydrogen-bond acceptors (Lipinski definition) is 4. The number of carboxylic acid groups (broad SMARTS) is 1. The van der Waals surface area contributed by atoms with Crippen LogP contribution < -0.4 is 5.32 Å². The molecular weight excluding hydrogens is 318 g/mol. The molecule has 1 aromatic heterocycles. The monoisotopic (exact) mass is 335 g/mol. The molecule has 1 heterocycles. The summed E-state index contributed by atoms with van der Waals surface area (Å²) in [6, 6.07) is 9.37. The molecule has 0 radical (unpaired) electrons. The number of anilines is 1. The summed E-state index contributed by atoms with van der Waals surface area (Å²) in [4.78, 5) is 24.6. The van der Waals surface area contributed by atoms with E-state index in [1.54, 1.807) is 0 Å². The molecule has 0 saturated carbocycles. The minimum Gasteiger partial charge on any atom is -0.481 e. The number of benzene rings is 1. The van der Waals surface area contributed by atoms with Crippen molar-refractivity contribution in [1.82, 2.24) is 0 Å². The average molecular weight is 335 g/mol. The van der Waals surface area contributed by atoms with Gasteiger partial charge < -0.3 is 10.4 Å². The van der Waals surface area contributed by atoms with Gasteiger partial charge in [0, 0.05) is 16.3 Å². The number of aryl methyl sites for hydroxylation is 2. The molecule has 2 rings (SSSR count). The highest BCUT2D eigenvalue weighted by molar-refractivity contribution is 7.99. The molecule has 1 amide bonds. The maximum atomic E-state index is 12.2. The quantitative estimate of drug-likeness (QED) is 0.839. The number of carboxylic acids is 1. The summed E-state index contributed by atoms with van der Waals surface area (Å²) >= 11 is 2.82. The van der Waals surface area contributed by atoms with Crippen LogP contribution in [-0.4, -0.2) is 22.7 Å². The first-order valence-electron chi connectivity index (χ1n) is 6.72. The van der Waals surface area contributed by atoms with E-state index in [9.17, 15) is 9.59 Å². The Balaban J connectivity index is 2.00. The Bertz CT molecular complexity index is 675. The first kappa shape index (κ1) is 16.6. The van der Waals surface area contributed by atoms with Crippen LogP contribution in [0.5, 0.6) is 0 Å². The van der Waals surface area contributed by atoms with Gasteiger partial charge in [-0.25, -0.2) is 0 Å². The number of nitrogens with one attached hydrogen (secondary N) is 1. The second-order valence-corrected chi connectivity index (χ2v) is 7.13. The first-order chi connectivity index (χ1) is 10.5. The van der Waals surface area contributed by atoms with Gasteiger partial charge in [-0.2, -0.15) is 0 Å². The zero-order valence-electron chi connectivity index (χ0n) is 12.4. The third-order valence-electron chi connectivity index (χ3n) is 3.07. The summed E-state index contributed by atoms with van der Waals surface area (Å²) in [5.41, 5.74) is 2.83. The highest BCUT2D eigenvalue weighted by Crippen LogP contribution is 2.22. The maximum absolute atomic E-state index is 12.2. The lowest BCUT2D eigenvalue weighted by atomic mass is 10.2. The predicted octanol–water partition coefficient (Wildman–Crippen LogP) is 3.94. The lowest BCUT2D eigenvalue weighted by Gasteiger charge is -2.06. The second kappa shape index (κ2) is 7.47. The van der Waals surface area contributed by atoms with Crippen LogP contribution in [0.25, 0.3) is 0 Å². The summed E-state index contributed by atoms with van der Waals surface area (Å²) in [6.45, 7) is 3.99. The van der Waals surface area contributed by atoms with Gasteiger partial charge in [-0.3, -0.25) is 9.59 Å². The molecule has 2 aromatic rings. The van der Waals surface area contributed by atoms with Crippen molar-refractivity contribution in [1.29, 1.82) is 0 Å². The number of thiophene rings is 1. The molecule has 0 aliphatic carbocycles. The molecule has 1 aromatic carbocycles. The Labute approximate surface area is 137 Å². The van der Waals surface area contributed by atoms with Crippen LogP contribution >= 0.6 is 23.1 Å². The SMILES string of the molecule is Cc1cc(C(=O)Nc2cccc(CSCC(=O)O)c2)sc1C. The van der Waals surface area contributed by atoms with Crippen molar-refractivity contribution in [2.75, 3.05) is 11.1 Å². The van der Waals surface area contributed by atoms with Gasteiger partial charge in [-0.05, 0) is 43.2 Å². The molecule has 0 aliphatic heterocycles. The highest BCUT2D eigenvalue weighted by Gasteiger charge is 2.11. The van der Waals surface area contributed by atoms with Gasteiger partial charge in [-0.15, -0.1) is 23.1 Å². The van der Waals surface area contributed by atoms with Gasteiger partial charge in [0.25, 0.3) is 5.91 Å². The van der Waals surface area contributed by atoms with Crippen molar-refractivity contribution >= 4 is 40.7 Å². The van der Waals surface area contributed by atoms with Crippen molar-refractivity contribution in [3.63, 3.8) is 0 Å². The number of rotatable bonds is 6. The number of amides is 1. The van der Waals surface area contributed by atoms with E-state index in [2.05, 4.69) is 5.32 Å². The summed E-state index contributed by atoms with van der Waals surface area (Å²) in [5, 5.41) is 11.5. The molecule has 0 spiro atoms. The molecule has 0 bridgehead atoms. The van der Waals surface area contributed by atoms with Gasteiger partial charge in [0.1, 0.15) is 0 Å². The first-order valence-corrected chi connectivity index (χ1v) is 8.69. The molecular formula is C16H17NO3S2. The van der Waals surface area contributed by atoms with E-state index in [4.69, 9.17) is 5.11 Å².